The number of carbonyl (C=O) groups excluding carboxylic acids is 1. The lowest BCUT2D eigenvalue weighted by Gasteiger charge is -2.08. The summed E-state index contributed by atoms with van der Waals surface area (Å²) in [5.41, 5.74) is 0.524. The molecule has 0 fully saturated rings. The molecule has 0 aromatic carbocycles. The van der Waals surface area contributed by atoms with Crippen LogP contribution in [0.25, 0.3) is 0 Å². The highest BCUT2D eigenvalue weighted by Crippen LogP contribution is 1.89. The minimum Gasteiger partial charge on any atom is -0.353 e. The maximum Gasteiger partial charge on any atom is 0.256 e. The third kappa shape index (κ3) is 3.54. The van der Waals surface area contributed by atoms with E-state index in [2.05, 4.69) is 10.3 Å². The van der Waals surface area contributed by atoms with Crippen molar-refractivity contribution in [2.24, 2.45) is 0 Å². The summed E-state index contributed by atoms with van der Waals surface area (Å²) in [5.74, 6) is -0.0788. The molecule has 0 atom stereocenters. The Morgan fingerprint density at radius 3 is 2.84 bits per heavy atom. The topological polar surface area (TPSA) is 68.9 Å². The highest BCUT2D eigenvalue weighted by molar-refractivity contribution is 5.75. The van der Waals surface area contributed by atoms with E-state index in [-0.39, 0.29) is 18.0 Å². The van der Waals surface area contributed by atoms with Crippen LogP contribution in [0.1, 0.15) is 5.56 Å². The van der Waals surface area contributed by atoms with E-state index in [0.717, 1.165) is 0 Å². The minimum atomic E-state index is -0.0788. The Kier molecular flexibility index (Phi) is 4.12. The summed E-state index contributed by atoms with van der Waals surface area (Å²) < 4.78 is 3.28. The zero-order valence-corrected chi connectivity index (χ0v) is 10.7. The fourth-order valence-corrected chi connectivity index (χ4v) is 1.73. The van der Waals surface area contributed by atoms with Crippen LogP contribution in [0.4, 0.5) is 0 Å². The van der Waals surface area contributed by atoms with Crippen molar-refractivity contribution in [3.63, 3.8) is 0 Å². The standard InChI is InChI=1S/C13H16N4O2/c1-11-8-14-10-17(13(11)19)7-4-15-12(18)9-16-5-2-3-6-16/h2-3,5-6,8,10H,4,7,9H2,1H3,(H,15,18). The zero-order valence-electron chi connectivity index (χ0n) is 10.7. The zero-order chi connectivity index (χ0) is 13.7. The van der Waals surface area contributed by atoms with Gasteiger partial charge < -0.3 is 9.88 Å². The Bertz CT molecular complexity index is 601. The molecule has 0 radical (unpaired) electrons. The normalized spacial score (nSPS) is 10.4. The number of aryl methyl sites for hydroxylation is 1. The molecule has 2 heterocycles. The second-order valence-electron chi connectivity index (χ2n) is 4.28. The summed E-state index contributed by atoms with van der Waals surface area (Å²) in [6, 6.07) is 3.73. The minimum absolute atomic E-state index is 0.0744. The molecule has 0 saturated heterocycles. The number of carbonyl (C=O) groups is 1. The number of hydrogen-bond acceptors (Lipinski definition) is 3. The molecule has 19 heavy (non-hydrogen) atoms. The maximum atomic E-state index is 11.7. The van der Waals surface area contributed by atoms with Gasteiger partial charge in [0.15, 0.2) is 0 Å². The third-order valence-corrected chi connectivity index (χ3v) is 2.74. The summed E-state index contributed by atoms with van der Waals surface area (Å²) in [7, 11) is 0. The van der Waals surface area contributed by atoms with Gasteiger partial charge in [0.05, 0.1) is 6.33 Å². The van der Waals surface area contributed by atoms with Gasteiger partial charge in [-0.2, -0.15) is 0 Å². The Labute approximate surface area is 110 Å². The average molecular weight is 260 g/mol. The average Bonchev–Trinajstić information content (AvgIpc) is 2.87. The molecule has 0 bridgehead atoms. The summed E-state index contributed by atoms with van der Waals surface area (Å²) in [4.78, 5) is 27.3. The molecule has 2 rings (SSSR count). The van der Waals surface area contributed by atoms with Gasteiger partial charge in [-0.05, 0) is 19.1 Å². The van der Waals surface area contributed by atoms with E-state index in [1.807, 2.05) is 24.5 Å². The van der Waals surface area contributed by atoms with E-state index < -0.39 is 0 Å². The molecular formula is C13H16N4O2. The van der Waals surface area contributed by atoms with Crippen LogP contribution in [0.5, 0.6) is 0 Å². The second-order valence-corrected chi connectivity index (χ2v) is 4.28. The van der Waals surface area contributed by atoms with Gasteiger partial charge in [0.1, 0.15) is 6.54 Å². The number of nitrogens with one attached hydrogen (secondary N) is 1. The Morgan fingerprint density at radius 1 is 1.37 bits per heavy atom. The van der Waals surface area contributed by atoms with Crippen LogP contribution in [-0.4, -0.2) is 26.6 Å². The van der Waals surface area contributed by atoms with Crippen molar-refractivity contribution in [2.75, 3.05) is 6.54 Å². The predicted molar refractivity (Wildman–Crippen MR) is 70.7 cm³/mol. The van der Waals surface area contributed by atoms with Gasteiger partial charge in [-0.3, -0.25) is 14.2 Å². The van der Waals surface area contributed by atoms with Crippen molar-refractivity contribution in [1.29, 1.82) is 0 Å². The molecule has 1 amide bonds. The monoisotopic (exact) mass is 260 g/mol. The number of nitrogens with zero attached hydrogens (tertiary/aromatic N) is 3. The number of rotatable bonds is 5. The molecule has 0 aliphatic rings. The van der Waals surface area contributed by atoms with Crippen molar-refractivity contribution in [2.45, 2.75) is 20.0 Å². The van der Waals surface area contributed by atoms with Crippen molar-refractivity contribution < 1.29 is 4.79 Å². The van der Waals surface area contributed by atoms with Gasteiger partial charge in [-0.15, -0.1) is 0 Å². The van der Waals surface area contributed by atoms with Crippen LogP contribution in [0, 0.1) is 6.92 Å². The molecule has 0 aliphatic heterocycles. The molecule has 6 heteroatoms. The largest absolute Gasteiger partial charge is 0.353 e. The van der Waals surface area contributed by atoms with Crippen LogP contribution in [-0.2, 0) is 17.9 Å². The van der Waals surface area contributed by atoms with Crippen molar-refractivity contribution >= 4 is 5.91 Å². The summed E-state index contributed by atoms with van der Waals surface area (Å²) in [5, 5.41) is 2.77. The molecule has 2 aromatic heterocycles. The number of aromatic nitrogens is 3. The highest BCUT2D eigenvalue weighted by atomic mass is 16.2. The first-order valence-electron chi connectivity index (χ1n) is 6.05. The number of hydrogen-bond donors (Lipinski definition) is 1. The third-order valence-electron chi connectivity index (χ3n) is 2.74. The number of amides is 1. The second kappa shape index (κ2) is 5.99. The first-order chi connectivity index (χ1) is 9.16. The first kappa shape index (κ1) is 13.1. The van der Waals surface area contributed by atoms with Gasteiger partial charge in [-0.25, -0.2) is 4.98 Å². The van der Waals surface area contributed by atoms with Crippen molar-refractivity contribution in [3.8, 4) is 0 Å². The fourth-order valence-electron chi connectivity index (χ4n) is 1.73. The van der Waals surface area contributed by atoms with E-state index in [0.29, 0.717) is 18.7 Å². The molecule has 6 nitrogen and oxygen atoms in total. The van der Waals surface area contributed by atoms with E-state index in [1.165, 1.54) is 17.1 Å². The molecular weight excluding hydrogens is 244 g/mol. The Balaban J connectivity index is 1.82. The van der Waals surface area contributed by atoms with Crippen LogP contribution < -0.4 is 10.9 Å². The van der Waals surface area contributed by atoms with Gasteiger partial charge >= 0.3 is 0 Å². The first-order valence-corrected chi connectivity index (χ1v) is 6.05. The van der Waals surface area contributed by atoms with E-state index in [1.54, 1.807) is 11.5 Å². The Morgan fingerprint density at radius 2 is 2.11 bits per heavy atom. The van der Waals surface area contributed by atoms with E-state index >= 15 is 0 Å². The van der Waals surface area contributed by atoms with Gasteiger partial charge in [0, 0.05) is 37.2 Å². The summed E-state index contributed by atoms with van der Waals surface area (Å²) >= 11 is 0. The quantitative estimate of drug-likeness (QED) is 0.833. The van der Waals surface area contributed by atoms with Gasteiger partial charge in [0.2, 0.25) is 5.91 Å². The van der Waals surface area contributed by atoms with Crippen LogP contribution in [0.3, 0.4) is 0 Å². The SMILES string of the molecule is Cc1cncn(CCNC(=O)Cn2cccc2)c1=O. The van der Waals surface area contributed by atoms with Gasteiger partial charge in [-0.1, -0.05) is 0 Å². The smallest absolute Gasteiger partial charge is 0.256 e. The fraction of sp³-hybridized carbons (Fsp3) is 0.308. The lowest BCUT2D eigenvalue weighted by Crippen LogP contribution is -2.33. The summed E-state index contributed by atoms with van der Waals surface area (Å²) in [6.07, 6.45) is 6.67. The maximum absolute atomic E-state index is 11.7. The van der Waals surface area contributed by atoms with Crippen LogP contribution >= 0.6 is 0 Å². The molecule has 1 N–H and O–H groups in total. The molecule has 100 valence electrons. The summed E-state index contributed by atoms with van der Waals surface area (Å²) in [6.45, 7) is 2.83. The van der Waals surface area contributed by atoms with Crippen molar-refractivity contribution in [3.05, 3.63) is 53.0 Å². The van der Waals surface area contributed by atoms with Crippen LogP contribution in [0.2, 0.25) is 0 Å². The molecule has 0 unspecified atom stereocenters. The lowest BCUT2D eigenvalue weighted by atomic mass is 10.4. The van der Waals surface area contributed by atoms with Crippen molar-refractivity contribution in [1.82, 2.24) is 19.4 Å². The van der Waals surface area contributed by atoms with Crippen LogP contribution in [0.15, 0.2) is 41.8 Å². The Hall–Kier alpha value is -2.37. The van der Waals surface area contributed by atoms with E-state index in [4.69, 9.17) is 0 Å². The van der Waals surface area contributed by atoms with E-state index in [9.17, 15) is 9.59 Å². The lowest BCUT2D eigenvalue weighted by molar-refractivity contribution is -0.121. The molecule has 2 aromatic rings. The predicted octanol–water partition coefficient (Wildman–Crippen LogP) is 0.170. The highest BCUT2D eigenvalue weighted by Gasteiger charge is 2.02. The molecule has 0 saturated carbocycles. The van der Waals surface area contributed by atoms with Gasteiger partial charge in [0.25, 0.3) is 5.56 Å². The molecule has 0 spiro atoms. The molecule has 0 aliphatic carbocycles.